The molecule has 0 spiro atoms. The van der Waals surface area contributed by atoms with E-state index in [1.54, 1.807) is 19.9 Å². The number of aromatic amines is 1. The van der Waals surface area contributed by atoms with Crippen molar-refractivity contribution in [1.29, 1.82) is 0 Å². The Kier molecular flexibility index (Phi) is 3.81. The summed E-state index contributed by atoms with van der Waals surface area (Å²) >= 11 is 1.46. The average Bonchev–Trinajstić information content (AvgIpc) is 2.96. The molecular formula is C16H16N2O4S. The zero-order valence-corrected chi connectivity index (χ0v) is 14.1. The molecule has 7 heteroatoms. The van der Waals surface area contributed by atoms with Gasteiger partial charge < -0.3 is 14.1 Å². The normalized spacial score (nSPS) is 11.1. The van der Waals surface area contributed by atoms with Crippen molar-refractivity contribution < 1.29 is 13.9 Å². The molecule has 1 N–H and O–H groups in total. The second-order valence-electron chi connectivity index (χ2n) is 5.38. The summed E-state index contributed by atoms with van der Waals surface area (Å²) in [5, 5.41) is 0.601. The number of esters is 1. The van der Waals surface area contributed by atoms with Crippen molar-refractivity contribution in [2.75, 3.05) is 0 Å². The van der Waals surface area contributed by atoms with Gasteiger partial charge in [0.05, 0.1) is 5.39 Å². The number of nitrogens with zero attached hydrogens (tertiary/aromatic N) is 1. The molecule has 3 rings (SSSR count). The lowest BCUT2D eigenvalue weighted by molar-refractivity contribution is 0.0460. The number of aromatic nitrogens is 2. The molecule has 3 aromatic heterocycles. The molecule has 0 amide bonds. The van der Waals surface area contributed by atoms with E-state index in [4.69, 9.17) is 9.15 Å². The third kappa shape index (κ3) is 2.79. The van der Waals surface area contributed by atoms with Crippen molar-refractivity contribution >= 4 is 27.5 Å². The summed E-state index contributed by atoms with van der Waals surface area (Å²) in [6.07, 6.45) is 0. The molecule has 0 radical (unpaired) electrons. The minimum Gasteiger partial charge on any atom is -0.466 e. The van der Waals surface area contributed by atoms with Gasteiger partial charge in [0.1, 0.15) is 34.3 Å². The number of hydrogen-bond acceptors (Lipinski definition) is 6. The highest BCUT2D eigenvalue weighted by Gasteiger charge is 2.16. The Morgan fingerprint density at radius 1 is 1.35 bits per heavy atom. The Balaban J connectivity index is 1.83. The maximum Gasteiger partial charge on any atom is 0.342 e. The minimum atomic E-state index is -0.499. The fraction of sp³-hybridized carbons (Fsp3) is 0.312. The van der Waals surface area contributed by atoms with E-state index in [0.717, 1.165) is 10.4 Å². The fourth-order valence-electron chi connectivity index (χ4n) is 2.41. The van der Waals surface area contributed by atoms with E-state index in [1.165, 1.54) is 11.3 Å². The first-order chi connectivity index (χ1) is 10.9. The van der Waals surface area contributed by atoms with Crippen molar-refractivity contribution in [3.8, 4) is 0 Å². The van der Waals surface area contributed by atoms with Crippen LogP contribution in [0.5, 0.6) is 0 Å². The van der Waals surface area contributed by atoms with Gasteiger partial charge in [-0.05, 0) is 39.3 Å². The van der Waals surface area contributed by atoms with E-state index in [9.17, 15) is 9.59 Å². The van der Waals surface area contributed by atoms with Gasteiger partial charge in [-0.3, -0.25) is 4.79 Å². The van der Waals surface area contributed by atoms with Gasteiger partial charge in [0.25, 0.3) is 5.56 Å². The lowest BCUT2D eigenvalue weighted by atomic mass is 10.2. The van der Waals surface area contributed by atoms with Gasteiger partial charge in [-0.25, -0.2) is 9.78 Å². The Bertz CT molecular complexity index is 965. The van der Waals surface area contributed by atoms with Crippen LogP contribution in [0.1, 0.15) is 38.1 Å². The van der Waals surface area contributed by atoms with Crippen LogP contribution < -0.4 is 5.56 Å². The third-order valence-electron chi connectivity index (χ3n) is 3.69. The molecule has 0 aliphatic rings. The lowest BCUT2D eigenvalue weighted by Crippen LogP contribution is -2.14. The maximum absolute atomic E-state index is 12.2. The maximum atomic E-state index is 12.2. The molecule has 3 aromatic rings. The second kappa shape index (κ2) is 5.66. The largest absolute Gasteiger partial charge is 0.466 e. The van der Waals surface area contributed by atoms with Gasteiger partial charge in [-0.2, -0.15) is 0 Å². The molecule has 120 valence electrons. The van der Waals surface area contributed by atoms with E-state index >= 15 is 0 Å². The number of hydrogen-bond donors (Lipinski definition) is 1. The van der Waals surface area contributed by atoms with Crippen molar-refractivity contribution in [2.24, 2.45) is 0 Å². The van der Waals surface area contributed by atoms with Crippen LogP contribution in [0.2, 0.25) is 0 Å². The van der Waals surface area contributed by atoms with Gasteiger partial charge in [0.2, 0.25) is 0 Å². The lowest BCUT2D eigenvalue weighted by Gasteiger charge is -2.03. The smallest absolute Gasteiger partial charge is 0.342 e. The van der Waals surface area contributed by atoms with Crippen LogP contribution in [0.3, 0.4) is 0 Å². The standard InChI is InChI=1S/C16H16N2O4S/c1-7-5-11(9(3)22-7)16(20)21-6-12-17-14(19)13-8(2)10(4)23-15(13)18-12/h5H,6H2,1-4H3,(H,17,18,19). The number of carbonyl (C=O) groups is 1. The summed E-state index contributed by atoms with van der Waals surface area (Å²) in [7, 11) is 0. The fourth-order valence-corrected chi connectivity index (χ4v) is 3.46. The molecule has 3 heterocycles. The predicted molar refractivity (Wildman–Crippen MR) is 87.0 cm³/mol. The van der Waals surface area contributed by atoms with Crippen LogP contribution >= 0.6 is 11.3 Å². The Morgan fingerprint density at radius 2 is 2.09 bits per heavy atom. The number of furan rings is 1. The predicted octanol–water partition coefficient (Wildman–Crippen LogP) is 3.17. The molecule has 0 saturated heterocycles. The Hall–Kier alpha value is -2.41. The topological polar surface area (TPSA) is 85.2 Å². The number of fused-ring (bicyclic) bond motifs is 1. The summed E-state index contributed by atoms with van der Waals surface area (Å²) in [6.45, 7) is 7.22. The molecule has 0 unspecified atom stereocenters. The van der Waals surface area contributed by atoms with Crippen LogP contribution in [-0.4, -0.2) is 15.9 Å². The number of aryl methyl sites for hydroxylation is 4. The second-order valence-corrected chi connectivity index (χ2v) is 6.58. The zero-order chi connectivity index (χ0) is 16.7. The molecule has 0 bridgehead atoms. The van der Waals surface area contributed by atoms with Crippen LogP contribution in [0.15, 0.2) is 15.3 Å². The van der Waals surface area contributed by atoms with Crippen LogP contribution in [0, 0.1) is 27.7 Å². The van der Waals surface area contributed by atoms with Crippen LogP contribution in [-0.2, 0) is 11.3 Å². The van der Waals surface area contributed by atoms with E-state index in [-0.39, 0.29) is 12.2 Å². The third-order valence-corrected chi connectivity index (χ3v) is 4.79. The first-order valence-corrected chi connectivity index (χ1v) is 7.91. The molecule has 0 aromatic carbocycles. The molecule has 0 aliphatic carbocycles. The number of H-pyrrole nitrogens is 1. The number of rotatable bonds is 3. The molecule has 0 saturated carbocycles. The molecular weight excluding hydrogens is 316 g/mol. The zero-order valence-electron chi connectivity index (χ0n) is 13.3. The molecule has 0 atom stereocenters. The van der Waals surface area contributed by atoms with Gasteiger partial charge >= 0.3 is 5.97 Å². The van der Waals surface area contributed by atoms with Crippen molar-refractivity contribution in [3.05, 3.63) is 49.8 Å². The van der Waals surface area contributed by atoms with Crippen molar-refractivity contribution in [1.82, 2.24) is 9.97 Å². The van der Waals surface area contributed by atoms with E-state index < -0.39 is 5.97 Å². The monoisotopic (exact) mass is 332 g/mol. The number of carbonyl (C=O) groups excluding carboxylic acids is 1. The van der Waals surface area contributed by atoms with Gasteiger partial charge in [0.15, 0.2) is 0 Å². The van der Waals surface area contributed by atoms with E-state index in [1.807, 2.05) is 13.8 Å². The van der Waals surface area contributed by atoms with Gasteiger partial charge in [0, 0.05) is 4.88 Å². The molecule has 23 heavy (non-hydrogen) atoms. The quantitative estimate of drug-likeness (QED) is 0.745. The number of thiophene rings is 1. The first-order valence-electron chi connectivity index (χ1n) is 7.10. The highest BCUT2D eigenvalue weighted by molar-refractivity contribution is 7.18. The summed E-state index contributed by atoms with van der Waals surface area (Å²) in [5.41, 5.74) is 1.11. The highest BCUT2D eigenvalue weighted by atomic mass is 32.1. The summed E-state index contributed by atoms with van der Waals surface area (Å²) in [4.78, 5) is 33.0. The summed E-state index contributed by atoms with van der Waals surface area (Å²) in [6, 6.07) is 1.63. The minimum absolute atomic E-state index is 0.0936. The van der Waals surface area contributed by atoms with Crippen LogP contribution in [0.25, 0.3) is 10.2 Å². The van der Waals surface area contributed by atoms with Crippen molar-refractivity contribution in [2.45, 2.75) is 34.3 Å². The average molecular weight is 332 g/mol. The SMILES string of the molecule is Cc1cc(C(=O)OCc2nc3sc(C)c(C)c3c(=O)[nH]2)c(C)o1. The van der Waals surface area contributed by atoms with Gasteiger partial charge in [-0.1, -0.05) is 0 Å². The summed E-state index contributed by atoms with van der Waals surface area (Å²) in [5.74, 6) is 0.983. The van der Waals surface area contributed by atoms with E-state index in [2.05, 4.69) is 9.97 Å². The Labute approximate surface area is 136 Å². The number of ether oxygens (including phenoxy) is 1. The van der Waals surface area contributed by atoms with Crippen LogP contribution in [0.4, 0.5) is 0 Å². The van der Waals surface area contributed by atoms with E-state index in [0.29, 0.717) is 33.1 Å². The van der Waals surface area contributed by atoms with Crippen molar-refractivity contribution in [3.63, 3.8) is 0 Å². The number of nitrogens with one attached hydrogen (secondary N) is 1. The molecule has 0 aliphatic heterocycles. The summed E-state index contributed by atoms with van der Waals surface area (Å²) < 4.78 is 10.5. The molecule has 0 fully saturated rings. The highest BCUT2D eigenvalue weighted by Crippen LogP contribution is 2.25. The first kappa shape index (κ1) is 15.5. The molecule has 6 nitrogen and oxygen atoms in total. The Morgan fingerprint density at radius 3 is 2.74 bits per heavy atom. The van der Waals surface area contributed by atoms with Gasteiger partial charge in [-0.15, -0.1) is 11.3 Å².